The highest BCUT2D eigenvalue weighted by atomic mass is 16.5. The van der Waals surface area contributed by atoms with Crippen molar-refractivity contribution in [3.05, 3.63) is 0 Å². The quantitative estimate of drug-likeness (QED) is 0.264. The highest BCUT2D eigenvalue weighted by Crippen LogP contribution is 2.02. The van der Waals surface area contributed by atoms with Crippen LogP contribution >= 0.6 is 0 Å². The van der Waals surface area contributed by atoms with Crippen molar-refractivity contribution in [1.82, 2.24) is 10.6 Å². The second kappa shape index (κ2) is 15.6. The summed E-state index contributed by atoms with van der Waals surface area (Å²) in [5.41, 5.74) is 0. The fraction of sp³-hybridized carbons (Fsp3) is 0.909. The van der Waals surface area contributed by atoms with Gasteiger partial charge >= 0.3 is 0 Å². The van der Waals surface area contributed by atoms with E-state index in [1.54, 1.807) is 0 Å². The summed E-state index contributed by atoms with van der Waals surface area (Å²) in [7, 11) is 10.8. The van der Waals surface area contributed by atoms with Crippen LogP contribution in [0.15, 0.2) is 0 Å². The molecular formula is C22H48N4O3+2. The molecule has 0 spiro atoms. The number of hydrogen-bond donors (Lipinski definition) is 2. The summed E-state index contributed by atoms with van der Waals surface area (Å²) in [4.78, 5) is 23.7. The third-order valence-electron chi connectivity index (χ3n) is 4.84. The van der Waals surface area contributed by atoms with Gasteiger partial charge in [0, 0.05) is 45.4 Å². The molecule has 0 aliphatic heterocycles. The normalized spacial score (nSPS) is 12.1. The maximum Gasteiger partial charge on any atom is 0.219 e. The van der Waals surface area contributed by atoms with E-state index in [1.807, 2.05) is 0 Å². The summed E-state index contributed by atoms with van der Waals surface area (Å²) in [6, 6.07) is 0. The number of rotatable bonds is 18. The molecule has 2 N–H and O–H groups in total. The fourth-order valence-corrected chi connectivity index (χ4v) is 2.93. The molecule has 2 amide bonds. The molecule has 0 aromatic carbocycles. The van der Waals surface area contributed by atoms with E-state index in [1.165, 1.54) is 0 Å². The van der Waals surface area contributed by atoms with E-state index < -0.39 is 0 Å². The predicted molar refractivity (Wildman–Crippen MR) is 120 cm³/mol. The summed E-state index contributed by atoms with van der Waals surface area (Å²) in [5.74, 6) is 0.180. The summed E-state index contributed by atoms with van der Waals surface area (Å²) in [6.07, 6.45) is 5.52. The Bertz CT molecular complexity index is 448. The van der Waals surface area contributed by atoms with Gasteiger partial charge in [0.05, 0.1) is 54.9 Å². The Labute approximate surface area is 179 Å². The summed E-state index contributed by atoms with van der Waals surface area (Å²) in [5, 5.41) is 5.95. The lowest BCUT2D eigenvalue weighted by atomic mass is 10.1. The molecule has 7 heteroatoms. The van der Waals surface area contributed by atoms with Gasteiger partial charge in [-0.15, -0.1) is 0 Å². The van der Waals surface area contributed by atoms with E-state index in [0.717, 1.165) is 80.5 Å². The predicted octanol–water partition coefficient (Wildman–Crippen LogP) is 1.77. The first-order valence-electron chi connectivity index (χ1n) is 11.3. The zero-order valence-corrected chi connectivity index (χ0v) is 20.0. The van der Waals surface area contributed by atoms with Gasteiger partial charge in [0.1, 0.15) is 6.54 Å². The van der Waals surface area contributed by atoms with E-state index in [9.17, 15) is 9.59 Å². The fourth-order valence-electron chi connectivity index (χ4n) is 2.93. The Hall–Kier alpha value is -1.18. The van der Waals surface area contributed by atoms with E-state index >= 15 is 0 Å². The molecule has 0 radical (unpaired) electrons. The van der Waals surface area contributed by atoms with Crippen LogP contribution in [0.5, 0.6) is 0 Å². The molecule has 0 saturated heterocycles. The van der Waals surface area contributed by atoms with Crippen LogP contribution in [0.1, 0.15) is 51.9 Å². The molecule has 0 heterocycles. The number of nitrogens with zero attached hydrogens (tertiary/aromatic N) is 2. The lowest BCUT2D eigenvalue weighted by Crippen LogP contribution is -2.44. The average molecular weight is 417 g/mol. The van der Waals surface area contributed by atoms with Crippen LogP contribution in [0.25, 0.3) is 0 Å². The van der Waals surface area contributed by atoms with Crippen molar-refractivity contribution in [3.63, 3.8) is 0 Å². The zero-order valence-electron chi connectivity index (χ0n) is 20.0. The van der Waals surface area contributed by atoms with E-state index in [0.29, 0.717) is 19.4 Å². The van der Waals surface area contributed by atoms with Crippen molar-refractivity contribution in [2.75, 3.05) is 81.2 Å². The van der Waals surface area contributed by atoms with Crippen molar-refractivity contribution >= 4 is 11.8 Å². The van der Waals surface area contributed by atoms with Crippen LogP contribution in [-0.2, 0) is 14.3 Å². The molecule has 29 heavy (non-hydrogen) atoms. The maximum atomic E-state index is 11.9. The first-order chi connectivity index (χ1) is 13.6. The highest BCUT2D eigenvalue weighted by Gasteiger charge is 2.14. The second-order valence-electron chi connectivity index (χ2n) is 9.62. The third kappa shape index (κ3) is 19.9. The molecule has 0 aromatic heterocycles. The minimum absolute atomic E-state index is 0.0879. The summed E-state index contributed by atoms with van der Waals surface area (Å²) < 4.78 is 7.38. The van der Waals surface area contributed by atoms with Crippen molar-refractivity contribution in [1.29, 1.82) is 0 Å². The second-order valence-corrected chi connectivity index (χ2v) is 9.62. The van der Waals surface area contributed by atoms with Crippen LogP contribution in [0, 0.1) is 0 Å². The third-order valence-corrected chi connectivity index (χ3v) is 4.84. The van der Waals surface area contributed by atoms with Gasteiger partial charge < -0.3 is 24.3 Å². The van der Waals surface area contributed by atoms with Crippen molar-refractivity contribution < 1.29 is 23.3 Å². The molecule has 0 atom stereocenters. The Kier molecular flexibility index (Phi) is 15.0. The maximum absolute atomic E-state index is 11.9. The standard InChI is InChI=1S/C22H46N4O3/c1-7-19-29-20-18-26(5,6)17-11-15-24-22(28)13-9-8-12-21(27)23-14-10-16-25(2,3)4/h7-20H2,1-6H3/p+2. The number of carbonyl (C=O) groups is 2. The van der Waals surface area contributed by atoms with Gasteiger partial charge in [0.25, 0.3) is 0 Å². The molecule has 0 saturated carbocycles. The molecule has 172 valence electrons. The molecule has 0 bridgehead atoms. The SMILES string of the molecule is CCCOCC[N+](C)(C)CCCNC(=O)CCCCC(=O)NCCC[N+](C)(C)C. The Morgan fingerprint density at radius 2 is 1.24 bits per heavy atom. The number of hydrogen-bond acceptors (Lipinski definition) is 3. The minimum atomic E-state index is 0.0879. The smallest absolute Gasteiger partial charge is 0.219 e. The molecule has 0 aromatic rings. The Morgan fingerprint density at radius 1 is 0.724 bits per heavy atom. The molecular weight excluding hydrogens is 368 g/mol. The molecule has 0 aliphatic rings. The van der Waals surface area contributed by atoms with Crippen LogP contribution in [-0.4, -0.2) is 102 Å². The van der Waals surface area contributed by atoms with Crippen LogP contribution < -0.4 is 10.6 Å². The lowest BCUT2D eigenvalue weighted by Gasteiger charge is -2.29. The summed E-state index contributed by atoms with van der Waals surface area (Å²) >= 11 is 0. The first kappa shape index (κ1) is 27.8. The van der Waals surface area contributed by atoms with Gasteiger partial charge in [-0.25, -0.2) is 0 Å². The van der Waals surface area contributed by atoms with Gasteiger partial charge in [-0.05, 0) is 19.3 Å². The van der Waals surface area contributed by atoms with E-state index in [-0.39, 0.29) is 11.8 Å². The minimum Gasteiger partial charge on any atom is -0.376 e. The van der Waals surface area contributed by atoms with Crippen LogP contribution in [0.3, 0.4) is 0 Å². The number of likely N-dealkylation sites (N-methyl/N-ethyl adjacent to an activating group) is 1. The van der Waals surface area contributed by atoms with Crippen molar-refractivity contribution in [3.8, 4) is 0 Å². The highest BCUT2D eigenvalue weighted by molar-refractivity contribution is 5.77. The molecule has 0 rings (SSSR count). The average Bonchev–Trinajstić information content (AvgIpc) is 2.62. The van der Waals surface area contributed by atoms with Gasteiger partial charge in [-0.3, -0.25) is 9.59 Å². The monoisotopic (exact) mass is 416 g/mol. The number of quaternary nitrogens is 2. The number of nitrogens with one attached hydrogen (secondary N) is 2. The number of unbranched alkanes of at least 4 members (excludes halogenated alkanes) is 1. The van der Waals surface area contributed by atoms with Crippen LogP contribution in [0.2, 0.25) is 0 Å². The number of carbonyl (C=O) groups excluding carboxylic acids is 2. The van der Waals surface area contributed by atoms with Gasteiger partial charge in [-0.2, -0.15) is 0 Å². The Balaban J connectivity index is 3.61. The molecule has 0 unspecified atom stereocenters. The molecule has 0 aliphatic carbocycles. The number of amides is 2. The van der Waals surface area contributed by atoms with E-state index in [4.69, 9.17) is 4.74 Å². The summed E-state index contributed by atoms with van der Waals surface area (Å²) in [6.45, 7) is 8.23. The van der Waals surface area contributed by atoms with E-state index in [2.05, 4.69) is 52.8 Å². The zero-order chi connectivity index (χ0) is 22.2. The van der Waals surface area contributed by atoms with Gasteiger partial charge in [0.2, 0.25) is 11.8 Å². The van der Waals surface area contributed by atoms with Gasteiger partial charge in [-0.1, -0.05) is 6.92 Å². The van der Waals surface area contributed by atoms with Crippen molar-refractivity contribution in [2.45, 2.75) is 51.9 Å². The van der Waals surface area contributed by atoms with Crippen LogP contribution in [0.4, 0.5) is 0 Å². The van der Waals surface area contributed by atoms with Crippen molar-refractivity contribution in [2.24, 2.45) is 0 Å². The first-order valence-corrected chi connectivity index (χ1v) is 11.3. The molecule has 7 nitrogen and oxygen atoms in total. The van der Waals surface area contributed by atoms with Gasteiger partial charge in [0.15, 0.2) is 0 Å². The lowest BCUT2D eigenvalue weighted by molar-refractivity contribution is -0.890. The Morgan fingerprint density at radius 3 is 1.72 bits per heavy atom. The molecule has 0 fully saturated rings. The largest absolute Gasteiger partial charge is 0.376 e. The number of ether oxygens (including phenoxy) is 1. The topological polar surface area (TPSA) is 67.4 Å².